The molecule has 0 unspecified atom stereocenters. The summed E-state index contributed by atoms with van der Waals surface area (Å²) >= 11 is 0. The van der Waals surface area contributed by atoms with Gasteiger partial charge >= 0.3 is 0 Å². The van der Waals surface area contributed by atoms with Gasteiger partial charge in [-0.15, -0.1) is 0 Å². The summed E-state index contributed by atoms with van der Waals surface area (Å²) in [5.74, 6) is 0. The van der Waals surface area contributed by atoms with Crippen molar-refractivity contribution in [2.75, 3.05) is 5.32 Å². The third-order valence-electron chi connectivity index (χ3n) is 7.03. The van der Waals surface area contributed by atoms with Crippen molar-refractivity contribution in [3.63, 3.8) is 0 Å². The number of furan rings is 2. The number of fused-ring (bicyclic) bond motifs is 10. The Labute approximate surface area is 200 Å². The summed E-state index contributed by atoms with van der Waals surface area (Å²) in [5.41, 5.74) is 5.54. The zero-order valence-electron chi connectivity index (χ0n) is 18.7. The lowest BCUT2D eigenvalue weighted by Crippen LogP contribution is -1.92. The summed E-state index contributed by atoms with van der Waals surface area (Å²) in [6.45, 7) is 0. The van der Waals surface area contributed by atoms with Crippen LogP contribution in [0.3, 0.4) is 0 Å². The molecule has 0 amide bonds. The first-order valence-corrected chi connectivity index (χ1v) is 11.8. The maximum Gasteiger partial charge on any atom is 0.138 e. The first-order valence-electron chi connectivity index (χ1n) is 11.8. The van der Waals surface area contributed by atoms with Crippen molar-refractivity contribution in [3.05, 3.63) is 109 Å². The van der Waals surface area contributed by atoms with Crippen molar-refractivity contribution in [2.45, 2.75) is 0 Å². The summed E-state index contributed by atoms with van der Waals surface area (Å²) in [5, 5.41) is 13.0. The second kappa shape index (κ2) is 6.87. The van der Waals surface area contributed by atoms with Crippen LogP contribution in [-0.2, 0) is 0 Å². The topological polar surface area (TPSA) is 38.3 Å². The summed E-state index contributed by atoms with van der Waals surface area (Å²) in [7, 11) is 0. The monoisotopic (exact) mass is 449 g/mol. The molecule has 3 nitrogen and oxygen atoms in total. The van der Waals surface area contributed by atoms with Gasteiger partial charge in [0.05, 0.1) is 5.69 Å². The zero-order valence-corrected chi connectivity index (χ0v) is 18.7. The van der Waals surface area contributed by atoms with Crippen LogP contribution in [0.4, 0.5) is 11.4 Å². The van der Waals surface area contributed by atoms with E-state index in [1.165, 1.54) is 21.5 Å². The van der Waals surface area contributed by atoms with E-state index in [0.717, 1.165) is 55.3 Å². The lowest BCUT2D eigenvalue weighted by atomic mass is 9.98. The van der Waals surface area contributed by atoms with Gasteiger partial charge < -0.3 is 14.2 Å². The van der Waals surface area contributed by atoms with Crippen molar-refractivity contribution in [2.24, 2.45) is 0 Å². The van der Waals surface area contributed by atoms with Crippen LogP contribution in [0.25, 0.3) is 65.4 Å². The third kappa shape index (κ3) is 2.66. The second-order valence-corrected chi connectivity index (χ2v) is 9.04. The molecule has 3 heteroatoms. The molecule has 35 heavy (non-hydrogen) atoms. The van der Waals surface area contributed by atoms with Crippen LogP contribution in [0.15, 0.2) is 118 Å². The van der Waals surface area contributed by atoms with Gasteiger partial charge in [-0.3, -0.25) is 0 Å². The Bertz CT molecular complexity index is 2090. The summed E-state index contributed by atoms with van der Waals surface area (Å²) in [6, 6.07) is 37.8. The van der Waals surface area contributed by atoms with Crippen LogP contribution in [0.1, 0.15) is 0 Å². The minimum absolute atomic E-state index is 0.872. The van der Waals surface area contributed by atoms with E-state index in [0.29, 0.717) is 0 Å². The van der Waals surface area contributed by atoms with Crippen LogP contribution >= 0.6 is 0 Å². The van der Waals surface area contributed by atoms with Gasteiger partial charge in [-0.25, -0.2) is 0 Å². The zero-order chi connectivity index (χ0) is 22.9. The van der Waals surface area contributed by atoms with Crippen molar-refractivity contribution >= 4 is 76.8 Å². The van der Waals surface area contributed by atoms with Gasteiger partial charge in [-0.05, 0) is 40.4 Å². The molecule has 0 aliphatic carbocycles. The molecule has 0 radical (unpaired) electrons. The molecule has 2 heterocycles. The molecule has 0 saturated heterocycles. The maximum absolute atomic E-state index is 6.40. The van der Waals surface area contributed by atoms with Gasteiger partial charge in [0.25, 0.3) is 0 Å². The largest absolute Gasteiger partial charge is 0.456 e. The van der Waals surface area contributed by atoms with E-state index in [9.17, 15) is 0 Å². The highest BCUT2D eigenvalue weighted by atomic mass is 16.3. The van der Waals surface area contributed by atoms with E-state index in [1.807, 2.05) is 18.2 Å². The molecule has 0 bridgehead atoms. The maximum atomic E-state index is 6.40. The van der Waals surface area contributed by atoms with Crippen LogP contribution in [0.2, 0.25) is 0 Å². The molecule has 0 atom stereocenters. The van der Waals surface area contributed by atoms with Gasteiger partial charge in [0.2, 0.25) is 0 Å². The van der Waals surface area contributed by atoms with E-state index < -0.39 is 0 Å². The highest BCUT2D eigenvalue weighted by molar-refractivity contribution is 6.28. The van der Waals surface area contributed by atoms with Gasteiger partial charge in [0.1, 0.15) is 22.3 Å². The van der Waals surface area contributed by atoms with Crippen LogP contribution < -0.4 is 5.32 Å². The minimum atomic E-state index is 0.872. The Morgan fingerprint density at radius 1 is 0.429 bits per heavy atom. The normalized spacial score (nSPS) is 12.0. The average Bonchev–Trinajstić information content (AvgIpc) is 3.47. The lowest BCUT2D eigenvalue weighted by molar-refractivity contribution is 0.669. The Kier molecular flexibility index (Phi) is 3.66. The van der Waals surface area contributed by atoms with Gasteiger partial charge in [0, 0.05) is 44.8 Å². The molecule has 6 aromatic carbocycles. The fourth-order valence-corrected chi connectivity index (χ4v) is 5.46. The Hall–Kier alpha value is -4.76. The summed E-state index contributed by atoms with van der Waals surface area (Å²) in [4.78, 5) is 0. The highest BCUT2D eigenvalue weighted by Crippen LogP contribution is 2.42. The molecule has 8 rings (SSSR count). The number of benzene rings is 6. The lowest BCUT2D eigenvalue weighted by Gasteiger charge is -2.11. The first kappa shape index (κ1) is 18.6. The van der Waals surface area contributed by atoms with Gasteiger partial charge in [-0.1, -0.05) is 72.8 Å². The fourth-order valence-electron chi connectivity index (χ4n) is 5.46. The number of hydrogen-bond donors (Lipinski definition) is 1. The molecular formula is C32H19NO2. The number of para-hydroxylation sites is 1. The van der Waals surface area contributed by atoms with E-state index in [2.05, 4.69) is 96.3 Å². The third-order valence-corrected chi connectivity index (χ3v) is 7.03. The Morgan fingerprint density at radius 3 is 2.03 bits per heavy atom. The molecule has 0 spiro atoms. The highest BCUT2D eigenvalue weighted by Gasteiger charge is 2.16. The predicted octanol–water partition coefficient (Wildman–Crippen LogP) is 9.54. The Balaban J connectivity index is 1.36. The first-order chi connectivity index (χ1) is 17.3. The summed E-state index contributed by atoms with van der Waals surface area (Å²) < 4.78 is 12.5. The second-order valence-electron chi connectivity index (χ2n) is 9.04. The molecule has 1 N–H and O–H groups in total. The quantitative estimate of drug-likeness (QED) is 0.285. The van der Waals surface area contributed by atoms with Crippen molar-refractivity contribution in [1.29, 1.82) is 0 Å². The molecule has 8 aromatic rings. The predicted molar refractivity (Wildman–Crippen MR) is 146 cm³/mol. The van der Waals surface area contributed by atoms with Crippen LogP contribution in [0, 0.1) is 0 Å². The van der Waals surface area contributed by atoms with Crippen molar-refractivity contribution in [1.82, 2.24) is 0 Å². The van der Waals surface area contributed by atoms with E-state index >= 15 is 0 Å². The van der Waals surface area contributed by atoms with E-state index in [1.54, 1.807) is 0 Å². The minimum Gasteiger partial charge on any atom is -0.456 e. The van der Waals surface area contributed by atoms with Gasteiger partial charge in [0.15, 0.2) is 0 Å². The molecule has 2 aromatic heterocycles. The fraction of sp³-hybridized carbons (Fsp3) is 0. The van der Waals surface area contributed by atoms with Crippen molar-refractivity contribution in [3.8, 4) is 0 Å². The number of nitrogens with one attached hydrogen (secondary N) is 1. The molecular weight excluding hydrogens is 430 g/mol. The summed E-state index contributed by atoms with van der Waals surface area (Å²) in [6.07, 6.45) is 0. The number of rotatable bonds is 2. The molecule has 164 valence electrons. The van der Waals surface area contributed by atoms with Crippen LogP contribution in [0.5, 0.6) is 0 Å². The standard InChI is InChI=1S/C32H19NO2/c1-2-8-21-19(7-1)13-16-28-31(21)32-25-11-4-3-9-22(25)26(18-30(32)35-28)33-20-14-15-24-23-10-5-6-12-27(23)34-29(24)17-20/h1-18,33H. The SMILES string of the molecule is c1ccc2c(c1)ccc1oc3cc(Nc4ccc5c(c4)oc4ccccc45)c4ccccc4c3c12. The average molecular weight is 450 g/mol. The Morgan fingerprint density at radius 2 is 1.11 bits per heavy atom. The smallest absolute Gasteiger partial charge is 0.138 e. The number of hydrogen-bond acceptors (Lipinski definition) is 3. The molecule has 0 saturated carbocycles. The molecule has 0 fully saturated rings. The van der Waals surface area contributed by atoms with E-state index in [-0.39, 0.29) is 0 Å². The van der Waals surface area contributed by atoms with Gasteiger partial charge in [-0.2, -0.15) is 0 Å². The molecule has 0 aliphatic heterocycles. The van der Waals surface area contributed by atoms with E-state index in [4.69, 9.17) is 8.83 Å². The van der Waals surface area contributed by atoms with Crippen LogP contribution in [-0.4, -0.2) is 0 Å². The molecule has 0 aliphatic rings. The van der Waals surface area contributed by atoms with Crippen molar-refractivity contribution < 1.29 is 8.83 Å². The number of anilines is 2.